The molecular formula is C13H12O3S2. The van der Waals surface area contributed by atoms with Crippen LogP contribution >= 0.6 is 23.1 Å². The Morgan fingerprint density at radius 2 is 2.11 bits per heavy atom. The van der Waals surface area contributed by atoms with Crippen LogP contribution in [0.15, 0.2) is 41.3 Å². The van der Waals surface area contributed by atoms with Gasteiger partial charge in [-0.25, -0.2) is 4.79 Å². The molecule has 18 heavy (non-hydrogen) atoms. The lowest BCUT2D eigenvalue weighted by Crippen LogP contribution is -1.89. The lowest BCUT2D eigenvalue weighted by molar-refractivity contribution is 0.0702. The summed E-state index contributed by atoms with van der Waals surface area (Å²) in [5.74, 6) is 0.726. The minimum Gasteiger partial charge on any atom is -0.496 e. The number of rotatable bonds is 5. The second kappa shape index (κ2) is 5.93. The van der Waals surface area contributed by atoms with Gasteiger partial charge < -0.3 is 9.84 Å². The number of ether oxygens (including phenoxy) is 1. The Kier molecular flexibility index (Phi) is 4.28. The first-order valence-electron chi connectivity index (χ1n) is 5.28. The third-order valence-electron chi connectivity index (χ3n) is 2.31. The number of hydrogen-bond acceptors (Lipinski definition) is 4. The summed E-state index contributed by atoms with van der Waals surface area (Å²) in [6.45, 7) is 0. The summed E-state index contributed by atoms with van der Waals surface area (Å²) in [7, 11) is 1.65. The zero-order valence-electron chi connectivity index (χ0n) is 9.75. The molecule has 0 aliphatic heterocycles. The third kappa shape index (κ3) is 3.05. The molecule has 0 saturated carbocycles. The molecule has 0 unspecified atom stereocenters. The van der Waals surface area contributed by atoms with Gasteiger partial charge in [0.2, 0.25) is 0 Å². The van der Waals surface area contributed by atoms with Gasteiger partial charge >= 0.3 is 5.97 Å². The Balaban J connectivity index is 2.04. The number of methoxy groups -OCH3 is 1. The van der Waals surface area contributed by atoms with Gasteiger partial charge in [-0.15, -0.1) is 23.1 Å². The van der Waals surface area contributed by atoms with E-state index in [1.165, 1.54) is 11.3 Å². The topological polar surface area (TPSA) is 46.5 Å². The van der Waals surface area contributed by atoms with Crippen molar-refractivity contribution in [2.45, 2.75) is 10.6 Å². The number of carboxylic acid groups (broad SMARTS) is 1. The summed E-state index contributed by atoms with van der Waals surface area (Å²) < 4.78 is 5.27. The second-order valence-corrected chi connectivity index (χ2v) is 5.70. The standard InChI is InChI=1S/C13H12O3S2/c1-16-10-4-2-3-5-11(10)17-8-9-6-7-12(18-9)13(14)15/h2-7H,8H2,1H3,(H,14,15). The summed E-state index contributed by atoms with van der Waals surface area (Å²) in [5, 5.41) is 8.85. The number of hydrogen-bond donors (Lipinski definition) is 1. The Hall–Kier alpha value is -1.46. The fraction of sp³-hybridized carbons (Fsp3) is 0.154. The Labute approximate surface area is 113 Å². The molecule has 0 amide bonds. The van der Waals surface area contributed by atoms with Crippen LogP contribution in [-0.4, -0.2) is 18.2 Å². The van der Waals surface area contributed by atoms with Gasteiger partial charge in [-0.2, -0.15) is 0 Å². The van der Waals surface area contributed by atoms with Crippen LogP contribution in [0.1, 0.15) is 14.5 Å². The molecule has 0 atom stereocenters. The van der Waals surface area contributed by atoms with E-state index >= 15 is 0 Å². The van der Waals surface area contributed by atoms with Crippen molar-refractivity contribution in [1.29, 1.82) is 0 Å². The van der Waals surface area contributed by atoms with Gasteiger partial charge in [0.15, 0.2) is 0 Å². The van der Waals surface area contributed by atoms with Crippen LogP contribution < -0.4 is 4.74 Å². The number of thioether (sulfide) groups is 1. The predicted octanol–water partition coefficient (Wildman–Crippen LogP) is 3.75. The number of para-hydroxylation sites is 1. The molecule has 0 saturated heterocycles. The van der Waals surface area contributed by atoms with Crippen LogP contribution in [0.25, 0.3) is 0 Å². The minimum atomic E-state index is -0.867. The average Bonchev–Trinajstić information content (AvgIpc) is 2.85. The van der Waals surface area contributed by atoms with E-state index in [-0.39, 0.29) is 0 Å². The molecule has 0 radical (unpaired) electrons. The normalized spacial score (nSPS) is 10.3. The van der Waals surface area contributed by atoms with Gasteiger partial charge in [-0.1, -0.05) is 12.1 Å². The van der Waals surface area contributed by atoms with Gasteiger partial charge in [0.05, 0.1) is 7.11 Å². The van der Waals surface area contributed by atoms with Crippen molar-refractivity contribution < 1.29 is 14.6 Å². The van der Waals surface area contributed by atoms with Crippen molar-refractivity contribution in [3.63, 3.8) is 0 Å². The van der Waals surface area contributed by atoms with Gasteiger partial charge in [-0.3, -0.25) is 0 Å². The van der Waals surface area contributed by atoms with E-state index in [1.54, 1.807) is 24.9 Å². The fourth-order valence-electron chi connectivity index (χ4n) is 1.46. The van der Waals surface area contributed by atoms with Gasteiger partial charge in [-0.05, 0) is 24.3 Å². The summed E-state index contributed by atoms with van der Waals surface area (Å²) in [6, 6.07) is 11.3. The molecule has 2 aromatic rings. The maximum Gasteiger partial charge on any atom is 0.345 e. The van der Waals surface area contributed by atoms with Gasteiger partial charge in [0, 0.05) is 15.5 Å². The Morgan fingerprint density at radius 1 is 1.33 bits per heavy atom. The number of carboxylic acids is 1. The first kappa shape index (κ1) is 13.0. The van der Waals surface area contributed by atoms with Crippen molar-refractivity contribution >= 4 is 29.1 Å². The van der Waals surface area contributed by atoms with Crippen molar-refractivity contribution in [2.24, 2.45) is 0 Å². The van der Waals surface area contributed by atoms with Crippen molar-refractivity contribution in [1.82, 2.24) is 0 Å². The van der Waals surface area contributed by atoms with E-state index in [1.807, 2.05) is 30.3 Å². The van der Waals surface area contributed by atoms with Crippen LogP contribution in [0, 0.1) is 0 Å². The smallest absolute Gasteiger partial charge is 0.345 e. The molecule has 0 aliphatic rings. The highest BCUT2D eigenvalue weighted by Crippen LogP contribution is 2.32. The molecule has 1 N–H and O–H groups in total. The number of aromatic carboxylic acids is 1. The molecule has 0 aliphatic carbocycles. The van der Waals surface area contributed by atoms with Crippen molar-refractivity contribution in [3.05, 3.63) is 46.2 Å². The van der Waals surface area contributed by atoms with Crippen LogP contribution in [-0.2, 0) is 5.75 Å². The number of carbonyl (C=O) groups is 1. The van der Waals surface area contributed by atoms with Crippen LogP contribution in [0.5, 0.6) is 5.75 Å². The second-order valence-electron chi connectivity index (χ2n) is 3.51. The molecular weight excluding hydrogens is 268 g/mol. The summed E-state index contributed by atoms with van der Waals surface area (Å²) in [6.07, 6.45) is 0. The maximum atomic E-state index is 10.8. The molecule has 1 heterocycles. The monoisotopic (exact) mass is 280 g/mol. The maximum absolute atomic E-state index is 10.8. The molecule has 1 aromatic carbocycles. The average molecular weight is 280 g/mol. The molecule has 0 bridgehead atoms. The summed E-state index contributed by atoms with van der Waals surface area (Å²) in [5.41, 5.74) is 0. The van der Waals surface area contributed by atoms with E-state index in [4.69, 9.17) is 9.84 Å². The Morgan fingerprint density at radius 3 is 2.78 bits per heavy atom. The lowest BCUT2D eigenvalue weighted by Gasteiger charge is -2.06. The molecule has 1 aromatic heterocycles. The van der Waals surface area contributed by atoms with E-state index in [0.717, 1.165) is 21.3 Å². The quantitative estimate of drug-likeness (QED) is 0.847. The molecule has 5 heteroatoms. The van der Waals surface area contributed by atoms with Crippen LogP contribution in [0.4, 0.5) is 0 Å². The highest BCUT2D eigenvalue weighted by atomic mass is 32.2. The van der Waals surface area contributed by atoms with E-state index in [0.29, 0.717) is 4.88 Å². The van der Waals surface area contributed by atoms with E-state index < -0.39 is 5.97 Å². The van der Waals surface area contributed by atoms with Crippen molar-refractivity contribution in [2.75, 3.05) is 7.11 Å². The van der Waals surface area contributed by atoms with E-state index in [2.05, 4.69) is 0 Å². The predicted molar refractivity (Wildman–Crippen MR) is 73.8 cm³/mol. The lowest BCUT2D eigenvalue weighted by atomic mass is 10.3. The Bertz CT molecular complexity index is 549. The van der Waals surface area contributed by atoms with Crippen molar-refractivity contribution in [3.8, 4) is 5.75 Å². The van der Waals surface area contributed by atoms with Gasteiger partial charge in [0.1, 0.15) is 10.6 Å². The first-order chi connectivity index (χ1) is 8.70. The highest BCUT2D eigenvalue weighted by Gasteiger charge is 2.08. The minimum absolute atomic E-state index is 0.380. The zero-order valence-corrected chi connectivity index (χ0v) is 11.4. The number of benzene rings is 1. The largest absolute Gasteiger partial charge is 0.496 e. The molecule has 94 valence electrons. The molecule has 0 fully saturated rings. The van der Waals surface area contributed by atoms with E-state index in [9.17, 15) is 4.79 Å². The van der Waals surface area contributed by atoms with Crippen LogP contribution in [0.3, 0.4) is 0 Å². The first-order valence-corrected chi connectivity index (χ1v) is 7.08. The molecule has 2 rings (SSSR count). The summed E-state index contributed by atoms with van der Waals surface area (Å²) in [4.78, 5) is 13.3. The van der Waals surface area contributed by atoms with Gasteiger partial charge in [0.25, 0.3) is 0 Å². The molecule has 0 spiro atoms. The third-order valence-corrected chi connectivity index (χ3v) is 4.67. The zero-order chi connectivity index (χ0) is 13.0. The SMILES string of the molecule is COc1ccccc1SCc1ccc(C(=O)O)s1. The van der Waals surface area contributed by atoms with Crippen LogP contribution in [0.2, 0.25) is 0 Å². The molecule has 3 nitrogen and oxygen atoms in total. The summed E-state index contributed by atoms with van der Waals surface area (Å²) >= 11 is 2.95. The number of thiophene rings is 1. The fourth-order valence-corrected chi connectivity index (χ4v) is 3.37. The highest BCUT2D eigenvalue weighted by molar-refractivity contribution is 7.98.